The standard InChI is InChI=1S/C15H13BrClNO3/c16-10-6-9(17)3-4-11(10)18-14(19)12-7-1-2-8(5-7)13(12)15(20)21/h1-4,6-8,12-13H,5H2,(H,18,19)(H,20,21)/t7?,8?,12-,13+/m0/s1. The maximum absolute atomic E-state index is 12.5. The van der Waals surface area contributed by atoms with E-state index in [1.165, 1.54) is 0 Å². The smallest absolute Gasteiger partial charge is 0.307 e. The van der Waals surface area contributed by atoms with E-state index in [9.17, 15) is 14.7 Å². The van der Waals surface area contributed by atoms with E-state index < -0.39 is 17.8 Å². The highest BCUT2D eigenvalue weighted by Gasteiger charge is 2.51. The van der Waals surface area contributed by atoms with Crippen molar-refractivity contribution in [1.82, 2.24) is 0 Å². The normalized spacial score (nSPS) is 29.6. The van der Waals surface area contributed by atoms with Gasteiger partial charge in [0.05, 0.1) is 17.5 Å². The molecule has 2 aliphatic carbocycles. The van der Waals surface area contributed by atoms with E-state index in [2.05, 4.69) is 21.2 Å². The summed E-state index contributed by atoms with van der Waals surface area (Å²) in [4.78, 5) is 23.9. The van der Waals surface area contributed by atoms with Crippen molar-refractivity contribution in [2.24, 2.45) is 23.7 Å². The molecule has 1 fully saturated rings. The summed E-state index contributed by atoms with van der Waals surface area (Å²) in [5.41, 5.74) is 0.597. The van der Waals surface area contributed by atoms with Crippen molar-refractivity contribution in [2.75, 3.05) is 5.32 Å². The van der Waals surface area contributed by atoms with Gasteiger partial charge in [-0.05, 0) is 52.4 Å². The van der Waals surface area contributed by atoms with Gasteiger partial charge < -0.3 is 10.4 Å². The largest absolute Gasteiger partial charge is 0.481 e. The van der Waals surface area contributed by atoms with Crippen LogP contribution in [0.4, 0.5) is 5.69 Å². The lowest BCUT2D eigenvalue weighted by atomic mass is 9.82. The number of hydrogen-bond acceptors (Lipinski definition) is 2. The number of allylic oxidation sites excluding steroid dienone is 2. The number of nitrogens with one attached hydrogen (secondary N) is 1. The molecule has 1 aromatic carbocycles. The summed E-state index contributed by atoms with van der Waals surface area (Å²) >= 11 is 9.21. The van der Waals surface area contributed by atoms with Gasteiger partial charge in [-0.2, -0.15) is 0 Å². The van der Waals surface area contributed by atoms with Crippen LogP contribution in [0.5, 0.6) is 0 Å². The number of benzene rings is 1. The van der Waals surface area contributed by atoms with Gasteiger partial charge in [0, 0.05) is 9.50 Å². The molecule has 2 aliphatic rings. The first-order chi connectivity index (χ1) is 9.97. The van der Waals surface area contributed by atoms with E-state index in [0.717, 1.165) is 6.42 Å². The van der Waals surface area contributed by atoms with Crippen LogP contribution in [0.1, 0.15) is 6.42 Å². The van der Waals surface area contributed by atoms with Crippen LogP contribution in [0, 0.1) is 23.7 Å². The summed E-state index contributed by atoms with van der Waals surface area (Å²) in [5.74, 6) is -2.31. The molecule has 0 spiro atoms. The zero-order chi connectivity index (χ0) is 15.1. The van der Waals surface area contributed by atoms with E-state index in [1.807, 2.05) is 12.2 Å². The number of rotatable bonds is 3. The molecule has 21 heavy (non-hydrogen) atoms. The Hall–Kier alpha value is -1.33. The van der Waals surface area contributed by atoms with Crippen LogP contribution in [-0.4, -0.2) is 17.0 Å². The number of amides is 1. The molecule has 0 aromatic heterocycles. The monoisotopic (exact) mass is 369 g/mol. The Bertz CT molecular complexity index is 646. The quantitative estimate of drug-likeness (QED) is 0.800. The van der Waals surface area contributed by atoms with Crippen LogP contribution in [-0.2, 0) is 9.59 Å². The molecule has 1 saturated carbocycles. The predicted molar refractivity (Wildman–Crippen MR) is 83.1 cm³/mol. The molecule has 6 heteroatoms. The number of aliphatic carboxylic acids is 1. The number of carbonyl (C=O) groups is 2. The maximum atomic E-state index is 12.5. The number of carboxylic acid groups (broad SMARTS) is 1. The summed E-state index contributed by atoms with van der Waals surface area (Å²) in [5, 5.41) is 12.7. The molecule has 110 valence electrons. The van der Waals surface area contributed by atoms with E-state index >= 15 is 0 Å². The van der Waals surface area contributed by atoms with E-state index in [0.29, 0.717) is 15.2 Å². The molecule has 2 unspecified atom stereocenters. The predicted octanol–water partition coefficient (Wildman–Crippen LogP) is 3.56. The molecule has 3 rings (SSSR count). The third-order valence-corrected chi connectivity index (χ3v) is 5.13. The second-order valence-corrected chi connectivity index (χ2v) is 6.74. The molecule has 0 saturated heterocycles. The van der Waals surface area contributed by atoms with Gasteiger partial charge in [0.2, 0.25) is 5.91 Å². The van der Waals surface area contributed by atoms with Gasteiger partial charge in [0.15, 0.2) is 0 Å². The number of hydrogen-bond donors (Lipinski definition) is 2. The third-order valence-electron chi connectivity index (χ3n) is 4.24. The molecule has 1 aromatic rings. The Morgan fingerprint density at radius 3 is 2.52 bits per heavy atom. The molecule has 2 N–H and O–H groups in total. The Balaban J connectivity index is 1.82. The summed E-state index contributed by atoms with van der Waals surface area (Å²) in [7, 11) is 0. The summed E-state index contributed by atoms with van der Waals surface area (Å²) in [6.45, 7) is 0. The van der Waals surface area contributed by atoms with Gasteiger partial charge >= 0.3 is 5.97 Å². The van der Waals surface area contributed by atoms with Crippen molar-refractivity contribution < 1.29 is 14.7 Å². The molecule has 0 radical (unpaired) electrons. The Morgan fingerprint density at radius 1 is 1.24 bits per heavy atom. The fourth-order valence-electron chi connectivity index (χ4n) is 3.32. The van der Waals surface area contributed by atoms with Crippen molar-refractivity contribution in [3.8, 4) is 0 Å². The molecule has 4 nitrogen and oxygen atoms in total. The van der Waals surface area contributed by atoms with Crippen molar-refractivity contribution >= 4 is 45.1 Å². The minimum atomic E-state index is -0.901. The van der Waals surface area contributed by atoms with E-state index in [-0.39, 0.29) is 17.7 Å². The van der Waals surface area contributed by atoms with E-state index in [1.54, 1.807) is 18.2 Å². The lowest BCUT2D eigenvalue weighted by molar-refractivity contribution is -0.146. The molecular weight excluding hydrogens is 358 g/mol. The van der Waals surface area contributed by atoms with Gasteiger partial charge in [0.25, 0.3) is 0 Å². The molecule has 4 atom stereocenters. The zero-order valence-corrected chi connectivity index (χ0v) is 13.3. The van der Waals surface area contributed by atoms with Gasteiger partial charge in [-0.15, -0.1) is 0 Å². The van der Waals surface area contributed by atoms with Crippen molar-refractivity contribution in [2.45, 2.75) is 6.42 Å². The molecule has 2 bridgehead atoms. The lowest BCUT2D eigenvalue weighted by Gasteiger charge is -2.24. The second kappa shape index (κ2) is 5.46. The Morgan fingerprint density at radius 2 is 1.90 bits per heavy atom. The van der Waals surface area contributed by atoms with Crippen LogP contribution < -0.4 is 5.32 Å². The SMILES string of the molecule is O=C(O)[C@@H]1C2C=CC(C2)[C@@H]1C(=O)Nc1ccc(Cl)cc1Br. The molecule has 1 amide bonds. The second-order valence-electron chi connectivity index (χ2n) is 5.45. The van der Waals surface area contributed by atoms with Gasteiger partial charge in [-0.25, -0.2) is 0 Å². The number of carboxylic acids is 1. The fraction of sp³-hybridized carbons (Fsp3) is 0.333. The van der Waals surface area contributed by atoms with Crippen LogP contribution in [0.25, 0.3) is 0 Å². The van der Waals surface area contributed by atoms with Gasteiger partial charge in [-0.3, -0.25) is 9.59 Å². The fourth-order valence-corrected chi connectivity index (χ4v) is 4.11. The summed E-state index contributed by atoms with van der Waals surface area (Å²) in [6.07, 6.45) is 4.63. The summed E-state index contributed by atoms with van der Waals surface area (Å²) < 4.78 is 0.675. The van der Waals surface area contributed by atoms with Crippen LogP contribution >= 0.6 is 27.5 Å². The zero-order valence-electron chi connectivity index (χ0n) is 10.9. The number of carbonyl (C=O) groups excluding carboxylic acids is 1. The minimum absolute atomic E-state index is 0.0159. The highest BCUT2D eigenvalue weighted by molar-refractivity contribution is 9.10. The van der Waals surface area contributed by atoms with Crippen LogP contribution in [0.3, 0.4) is 0 Å². The number of anilines is 1. The topological polar surface area (TPSA) is 66.4 Å². The summed E-state index contributed by atoms with van der Waals surface area (Å²) in [6, 6.07) is 5.06. The van der Waals surface area contributed by atoms with E-state index in [4.69, 9.17) is 11.6 Å². The van der Waals surface area contributed by atoms with Crippen molar-refractivity contribution in [3.63, 3.8) is 0 Å². The van der Waals surface area contributed by atoms with Crippen molar-refractivity contribution in [1.29, 1.82) is 0 Å². The highest BCUT2D eigenvalue weighted by Crippen LogP contribution is 2.48. The first kappa shape index (κ1) is 14.6. The Labute approximate surface area is 135 Å². The first-order valence-electron chi connectivity index (χ1n) is 6.64. The highest BCUT2D eigenvalue weighted by atomic mass is 79.9. The third kappa shape index (κ3) is 2.60. The molecular formula is C15H13BrClNO3. The van der Waals surface area contributed by atoms with Crippen molar-refractivity contribution in [3.05, 3.63) is 39.8 Å². The van der Waals surface area contributed by atoms with Gasteiger partial charge in [0.1, 0.15) is 0 Å². The Kier molecular flexibility index (Phi) is 3.80. The number of fused-ring (bicyclic) bond motifs is 2. The molecule has 0 heterocycles. The average molecular weight is 371 g/mol. The van der Waals surface area contributed by atoms with Crippen LogP contribution in [0.15, 0.2) is 34.8 Å². The lowest BCUT2D eigenvalue weighted by Crippen LogP contribution is -2.36. The number of halogens is 2. The minimum Gasteiger partial charge on any atom is -0.481 e. The molecule has 0 aliphatic heterocycles. The van der Waals surface area contributed by atoms with Gasteiger partial charge in [-0.1, -0.05) is 23.8 Å². The first-order valence-corrected chi connectivity index (χ1v) is 7.81. The van der Waals surface area contributed by atoms with Crippen LogP contribution in [0.2, 0.25) is 5.02 Å². The average Bonchev–Trinajstić information content (AvgIpc) is 3.02. The maximum Gasteiger partial charge on any atom is 0.307 e.